The molecule has 4 heterocycles. The van der Waals surface area contributed by atoms with Gasteiger partial charge in [-0.15, -0.1) is 10.2 Å². The number of fused-ring (bicyclic) bond motifs is 19. The molecule has 0 saturated heterocycles. The molecule has 17 rings (SSSR count). The highest BCUT2D eigenvalue weighted by molar-refractivity contribution is 6.15. The Morgan fingerprint density at radius 3 is 1.50 bits per heavy atom. The summed E-state index contributed by atoms with van der Waals surface area (Å²) in [4.78, 5) is 2.46. The predicted octanol–water partition coefficient (Wildman–Crippen LogP) is 17.8. The van der Waals surface area contributed by atoms with Gasteiger partial charge in [-0.1, -0.05) is 163 Å². The second kappa shape index (κ2) is 14.3. The van der Waals surface area contributed by atoms with Crippen molar-refractivity contribution in [1.82, 2.24) is 19.3 Å². The van der Waals surface area contributed by atoms with Gasteiger partial charge in [0, 0.05) is 65.9 Å². The Morgan fingerprint density at radius 2 is 0.895 bits per heavy atom. The second-order valence-corrected chi connectivity index (χ2v) is 23.7. The van der Waals surface area contributed by atoms with E-state index in [4.69, 9.17) is 10.2 Å². The van der Waals surface area contributed by atoms with Crippen LogP contribution in [0.15, 0.2) is 200 Å². The Morgan fingerprint density at radius 1 is 0.395 bits per heavy atom. The van der Waals surface area contributed by atoms with Crippen LogP contribution in [0.4, 0.5) is 11.5 Å². The minimum Gasteiger partial charge on any atom is -0.309 e. The van der Waals surface area contributed by atoms with Gasteiger partial charge in [-0.2, -0.15) is 0 Å². The van der Waals surface area contributed by atoms with Crippen molar-refractivity contribution in [2.45, 2.75) is 70.1 Å². The Bertz CT molecular complexity index is 4720. The van der Waals surface area contributed by atoms with E-state index in [1.165, 1.54) is 116 Å². The van der Waals surface area contributed by atoms with Crippen LogP contribution in [0.1, 0.15) is 92.8 Å². The molecule has 3 aromatic heterocycles. The Hall–Kier alpha value is -8.80. The van der Waals surface area contributed by atoms with Gasteiger partial charge < -0.3 is 4.57 Å². The van der Waals surface area contributed by atoms with E-state index < -0.39 is 0 Å². The van der Waals surface area contributed by atoms with Crippen molar-refractivity contribution >= 4 is 65.9 Å². The molecule has 1 unspecified atom stereocenters. The summed E-state index contributed by atoms with van der Waals surface area (Å²) in [5.74, 6) is 1.86. The molecule has 5 nitrogen and oxygen atoms in total. The van der Waals surface area contributed by atoms with Crippen LogP contribution in [0.2, 0.25) is 0 Å². The highest BCUT2D eigenvalue weighted by Gasteiger charge is 2.43. The third-order valence-electron chi connectivity index (χ3n) is 18.9. The van der Waals surface area contributed by atoms with Gasteiger partial charge in [0.15, 0.2) is 11.6 Å². The number of aromatic nitrogens is 4. The third kappa shape index (κ3) is 5.21. The number of benzene rings is 9. The lowest BCUT2D eigenvalue weighted by Crippen LogP contribution is -2.19. The molecule has 1 aliphatic heterocycles. The highest BCUT2D eigenvalue weighted by Crippen LogP contribution is 2.59. The molecule has 12 aromatic rings. The number of rotatable bonds is 3. The fraction of sp³-hybridized carbons (Fsp3) is 0.155. The Balaban J connectivity index is 0.960. The summed E-state index contributed by atoms with van der Waals surface area (Å²) in [5.41, 5.74) is 25.1. The van der Waals surface area contributed by atoms with E-state index in [0.29, 0.717) is 0 Å². The first-order valence-corrected chi connectivity index (χ1v) is 27.1. The predicted molar refractivity (Wildman–Crippen MR) is 314 cm³/mol. The first-order chi connectivity index (χ1) is 37.0. The first-order valence-electron chi connectivity index (χ1n) is 27.1. The molecule has 9 aromatic carbocycles. The smallest absolute Gasteiger partial charge is 0.168 e. The average molecular weight is 976 g/mol. The zero-order valence-electron chi connectivity index (χ0n) is 43.5. The monoisotopic (exact) mass is 975 g/mol. The molecular weight excluding hydrogens is 923 g/mol. The zero-order chi connectivity index (χ0) is 50.7. The number of anilines is 2. The summed E-state index contributed by atoms with van der Waals surface area (Å²) < 4.78 is 4.92. The topological polar surface area (TPSA) is 38.9 Å². The summed E-state index contributed by atoms with van der Waals surface area (Å²) in [6, 6.07) is 66.7. The molecule has 0 amide bonds. The Labute approximate surface area is 441 Å². The fourth-order valence-corrected chi connectivity index (χ4v) is 15.2. The lowest BCUT2D eigenvalue weighted by molar-refractivity contribution is 0.660. The van der Waals surface area contributed by atoms with E-state index in [2.05, 4.69) is 250 Å². The van der Waals surface area contributed by atoms with E-state index >= 15 is 0 Å². The second-order valence-electron chi connectivity index (χ2n) is 23.7. The van der Waals surface area contributed by atoms with Crippen molar-refractivity contribution in [3.63, 3.8) is 0 Å². The molecule has 5 heteroatoms. The quantitative estimate of drug-likeness (QED) is 0.177. The van der Waals surface area contributed by atoms with Gasteiger partial charge in [0.2, 0.25) is 0 Å². The van der Waals surface area contributed by atoms with Crippen LogP contribution >= 0.6 is 0 Å². The van der Waals surface area contributed by atoms with Crippen LogP contribution < -0.4 is 4.90 Å². The van der Waals surface area contributed by atoms with Gasteiger partial charge in [-0.3, -0.25) is 9.47 Å². The van der Waals surface area contributed by atoms with Gasteiger partial charge in [-0.05, 0) is 152 Å². The number of hydrogen-bond acceptors (Lipinski definition) is 3. The normalized spacial score (nSPS) is 17.5. The summed E-state index contributed by atoms with van der Waals surface area (Å²) >= 11 is 0. The molecule has 5 aliphatic rings. The maximum absolute atomic E-state index is 5.56. The molecule has 4 aliphatic carbocycles. The highest BCUT2D eigenvalue weighted by atomic mass is 15.3. The molecule has 0 radical (unpaired) electrons. The minimum absolute atomic E-state index is 0.153. The average Bonchev–Trinajstić information content (AvgIpc) is 4.25. The molecule has 0 N–H and O–H groups in total. The van der Waals surface area contributed by atoms with Crippen molar-refractivity contribution in [3.05, 3.63) is 239 Å². The van der Waals surface area contributed by atoms with Crippen molar-refractivity contribution in [2.24, 2.45) is 0 Å². The number of para-hydroxylation sites is 2. The van der Waals surface area contributed by atoms with Gasteiger partial charge in [0.05, 0.1) is 27.8 Å². The van der Waals surface area contributed by atoms with Crippen LogP contribution in [0.5, 0.6) is 0 Å². The van der Waals surface area contributed by atoms with Gasteiger partial charge in [-0.25, -0.2) is 0 Å². The fourth-order valence-electron chi connectivity index (χ4n) is 15.2. The molecule has 1 atom stereocenters. The van der Waals surface area contributed by atoms with E-state index in [-0.39, 0.29) is 22.2 Å². The molecule has 0 bridgehead atoms. The van der Waals surface area contributed by atoms with Gasteiger partial charge >= 0.3 is 0 Å². The van der Waals surface area contributed by atoms with Crippen molar-refractivity contribution in [2.75, 3.05) is 4.90 Å². The SMILES string of the molecule is CC1(C)c2ccccc2-c2cc3c(cc21)N(c1nnc(-n2c4ccccc4c4cc5c(cc42)C(C)(C)c2ccccc2-5)c2cc(-n4c5ccccc5c5cc6c(cc54)C(C)(C)c4ccccc4-6)ccc12)C1=CC=CCC13. The Kier molecular flexibility index (Phi) is 8.01. The number of allylic oxidation sites excluding steroid dienone is 4. The maximum atomic E-state index is 5.56. The van der Waals surface area contributed by atoms with Gasteiger partial charge in [0.25, 0.3) is 0 Å². The van der Waals surface area contributed by atoms with Crippen molar-refractivity contribution in [3.8, 4) is 44.9 Å². The number of nitrogens with zero attached hydrogens (tertiary/aromatic N) is 5. The summed E-state index contributed by atoms with van der Waals surface area (Å²) in [7, 11) is 0. The minimum atomic E-state index is -0.184. The molecule has 362 valence electrons. The summed E-state index contributed by atoms with van der Waals surface area (Å²) in [5, 5.41) is 18.1. The van der Waals surface area contributed by atoms with Crippen LogP contribution in [0.25, 0.3) is 99.3 Å². The van der Waals surface area contributed by atoms with E-state index in [9.17, 15) is 0 Å². The molecule has 0 saturated carbocycles. The largest absolute Gasteiger partial charge is 0.309 e. The zero-order valence-corrected chi connectivity index (χ0v) is 43.5. The van der Waals surface area contributed by atoms with E-state index in [1.54, 1.807) is 0 Å². The molecule has 0 spiro atoms. The van der Waals surface area contributed by atoms with Crippen LogP contribution in [0, 0.1) is 0 Å². The van der Waals surface area contributed by atoms with Crippen LogP contribution in [-0.2, 0) is 16.2 Å². The van der Waals surface area contributed by atoms with E-state index in [0.717, 1.165) is 45.5 Å². The molecule has 0 fully saturated rings. The lowest BCUT2D eigenvalue weighted by atomic mass is 9.81. The van der Waals surface area contributed by atoms with Gasteiger partial charge in [0.1, 0.15) is 0 Å². The maximum Gasteiger partial charge on any atom is 0.168 e. The standard InChI is InChI=1S/C71H53N5/c1-69(2)55-25-13-7-19-41(55)48-34-51-44-22-10-16-28-61(44)74(64(51)37-58(48)69)40-31-32-47-54(33-40)68(76-63-30-18-12-24-46(63)53-36-50-43-21-9-15-27-57(43)71(5,6)60(50)39-66(53)76)73-72-67(47)75-62-29-17-11-23-45(62)52-35-49-42-20-8-14-26-56(42)70(3,4)59(49)38-65(52)75/h7-22,24-39,45H,23H2,1-6H3. The van der Waals surface area contributed by atoms with Crippen molar-refractivity contribution in [1.29, 1.82) is 0 Å². The molecule has 76 heavy (non-hydrogen) atoms. The molecular formula is C71H53N5. The van der Waals surface area contributed by atoms with Crippen LogP contribution in [-0.4, -0.2) is 19.3 Å². The van der Waals surface area contributed by atoms with Crippen LogP contribution in [0.3, 0.4) is 0 Å². The van der Waals surface area contributed by atoms with E-state index in [1.807, 2.05) is 0 Å². The summed E-state index contributed by atoms with van der Waals surface area (Å²) in [6.45, 7) is 14.3. The third-order valence-corrected chi connectivity index (χ3v) is 18.9. The first kappa shape index (κ1) is 42.5. The lowest BCUT2D eigenvalue weighted by Gasteiger charge is -2.26. The van der Waals surface area contributed by atoms with Crippen molar-refractivity contribution < 1.29 is 0 Å². The number of hydrogen-bond donors (Lipinski definition) is 0. The summed E-state index contributed by atoms with van der Waals surface area (Å²) in [6.07, 6.45) is 7.80.